The summed E-state index contributed by atoms with van der Waals surface area (Å²) in [7, 11) is -9.70. The highest BCUT2D eigenvalue weighted by Crippen LogP contribution is 2.57. The van der Waals surface area contributed by atoms with Crippen LogP contribution in [0.15, 0.2) is 0 Å². The van der Waals surface area contributed by atoms with Crippen LogP contribution in [0.2, 0.25) is 0 Å². The van der Waals surface area contributed by atoms with Gasteiger partial charge in [0.1, 0.15) is 0 Å². The Morgan fingerprint density at radius 3 is 2.38 bits per heavy atom. The van der Waals surface area contributed by atoms with Crippen molar-refractivity contribution in [1.82, 2.24) is 0 Å². The zero-order valence-electron chi connectivity index (χ0n) is 8.61. The summed E-state index contributed by atoms with van der Waals surface area (Å²) < 4.78 is 34.3. The highest BCUT2D eigenvalue weighted by Gasteiger charge is 2.38. The lowest BCUT2D eigenvalue weighted by Crippen LogP contribution is -2.06. The lowest BCUT2D eigenvalue weighted by molar-refractivity contribution is 0.171. The van der Waals surface area contributed by atoms with Gasteiger partial charge in [0, 0.05) is 0 Å². The molecule has 0 amide bonds. The first-order valence-electron chi connectivity index (χ1n) is 4.50. The minimum Gasteiger partial charge on any atom is -0.370 e. The standard InChI is InChI=1S/C6H14O8P2/c1-6(5-12-6)3-2-4-13-16(10,11)14-15(7,8)9/h2-5H2,1H3,(H,10,11)(H2,7,8,9). The Morgan fingerprint density at radius 2 is 1.94 bits per heavy atom. The van der Waals surface area contributed by atoms with Crippen LogP contribution in [0.4, 0.5) is 0 Å². The molecule has 96 valence electrons. The molecule has 0 spiro atoms. The quantitative estimate of drug-likeness (QED) is 0.354. The van der Waals surface area contributed by atoms with Crippen molar-refractivity contribution < 1.29 is 37.4 Å². The summed E-state index contributed by atoms with van der Waals surface area (Å²) in [5, 5.41) is 0. The highest BCUT2D eigenvalue weighted by atomic mass is 31.3. The number of hydrogen-bond acceptors (Lipinski definition) is 5. The van der Waals surface area contributed by atoms with E-state index in [-0.39, 0.29) is 12.2 Å². The molecule has 3 N–H and O–H groups in total. The number of rotatable bonds is 7. The predicted octanol–water partition coefficient (Wildman–Crippen LogP) is 0.782. The van der Waals surface area contributed by atoms with Gasteiger partial charge in [-0.1, -0.05) is 0 Å². The molecule has 0 bridgehead atoms. The van der Waals surface area contributed by atoms with Crippen molar-refractivity contribution in [3.8, 4) is 0 Å². The summed E-state index contributed by atoms with van der Waals surface area (Å²) >= 11 is 0. The number of phosphoric ester groups is 1. The Kier molecular flexibility index (Phi) is 4.32. The summed E-state index contributed by atoms with van der Waals surface area (Å²) in [5.41, 5.74) is -0.188. The summed E-state index contributed by atoms with van der Waals surface area (Å²) in [4.78, 5) is 25.5. The maximum atomic E-state index is 11.0. The molecular formula is C6H14O8P2. The minimum absolute atomic E-state index is 0.132. The van der Waals surface area contributed by atoms with Gasteiger partial charge in [0.2, 0.25) is 0 Å². The largest absolute Gasteiger partial charge is 0.481 e. The van der Waals surface area contributed by atoms with E-state index in [1.165, 1.54) is 0 Å². The Balaban J connectivity index is 2.20. The second-order valence-electron chi connectivity index (χ2n) is 3.72. The SMILES string of the molecule is CC1(CCCOP(=O)(O)OP(=O)(O)O)CO1. The number of phosphoric acid groups is 2. The van der Waals surface area contributed by atoms with Gasteiger partial charge in [-0.3, -0.25) is 4.52 Å². The third-order valence-corrected chi connectivity index (χ3v) is 4.14. The fraction of sp³-hybridized carbons (Fsp3) is 1.00. The molecule has 2 unspecified atom stereocenters. The van der Waals surface area contributed by atoms with E-state index in [1.54, 1.807) is 0 Å². The van der Waals surface area contributed by atoms with E-state index in [2.05, 4.69) is 8.83 Å². The van der Waals surface area contributed by atoms with E-state index >= 15 is 0 Å². The van der Waals surface area contributed by atoms with Gasteiger partial charge in [0.15, 0.2) is 0 Å². The van der Waals surface area contributed by atoms with Crippen LogP contribution in [-0.2, 0) is 22.7 Å². The Hall–Kier alpha value is 0.220. The molecule has 16 heavy (non-hydrogen) atoms. The van der Waals surface area contributed by atoms with E-state index in [0.717, 1.165) is 0 Å². The fourth-order valence-corrected chi connectivity index (χ4v) is 2.68. The Morgan fingerprint density at radius 1 is 1.38 bits per heavy atom. The Bertz CT molecular complexity index is 331. The second kappa shape index (κ2) is 4.84. The average molecular weight is 276 g/mol. The van der Waals surface area contributed by atoms with Gasteiger partial charge in [-0.2, -0.15) is 4.31 Å². The zero-order chi connectivity index (χ0) is 12.4. The van der Waals surface area contributed by atoms with Crippen LogP contribution in [0, 0.1) is 0 Å². The number of epoxide rings is 1. The van der Waals surface area contributed by atoms with Crippen molar-refractivity contribution in [2.75, 3.05) is 13.2 Å². The molecule has 1 heterocycles. The van der Waals surface area contributed by atoms with E-state index in [9.17, 15) is 9.13 Å². The van der Waals surface area contributed by atoms with Crippen LogP contribution >= 0.6 is 15.6 Å². The maximum absolute atomic E-state index is 11.0. The monoisotopic (exact) mass is 276 g/mol. The molecule has 1 aliphatic heterocycles. The third kappa shape index (κ3) is 6.08. The summed E-state index contributed by atoms with van der Waals surface area (Å²) in [6.45, 7) is 2.40. The van der Waals surface area contributed by atoms with Crippen molar-refractivity contribution in [2.24, 2.45) is 0 Å². The van der Waals surface area contributed by atoms with Gasteiger partial charge in [0.05, 0.1) is 18.8 Å². The van der Waals surface area contributed by atoms with Crippen LogP contribution in [-0.4, -0.2) is 33.5 Å². The first-order valence-corrected chi connectivity index (χ1v) is 7.53. The van der Waals surface area contributed by atoms with E-state index in [1.807, 2.05) is 6.92 Å². The molecule has 1 fully saturated rings. The molecule has 1 rings (SSSR count). The molecule has 0 aliphatic carbocycles. The fourth-order valence-electron chi connectivity index (χ4n) is 1.05. The van der Waals surface area contributed by atoms with Crippen molar-refractivity contribution in [1.29, 1.82) is 0 Å². The molecule has 0 aromatic rings. The molecule has 10 heteroatoms. The van der Waals surface area contributed by atoms with E-state index in [4.69, 9.17) is 19.4 Å². The smallest absolute Gasteiger partial charge is 0.370 e. The third-order valence-electron chi connectivity index (χ3n) is 1.95. The van der Waals surface area contributed by atoms with Gasteiger partial charge in [-0.05, 0) is 19.8 Å². The van der Waals surface area contributed by atoms with Crippen LogP contribution < -0.4 is 0 Å². The first kappa shape index (κ1) is 14.3. The van der Waals surface area contributed by atoms with Crippen molar-refractivity contribution in [2.45, 2.75) is 25.4 Å². The van der Waals surface area contributed by atoms with Crippen molar-refractivity contribution in [3.63, 3.8) is 0 Å². The van der Waals surface area contributed by atoms with Crippen molar-refractivity contribution in [3.05, 3.63) is 0 Å². The number of ether oxygens (including phenoxy) is 1. The molecule has 1 saturated heterocycles. The summed E-state index contributed by atoms with van der Waals surface area (Å²) in [6, 6.07) is 0. The van der Waals surface area contributed by atoms with Gasteiger partial charge < -0.3 is 19.4 Å². The number of hydrogen-bond donors (Lipinski definition) is 3. The molecule has 0 aromatic heterocycles. The van der Waals surface area contributed by atoms with E-state index < -0.39 is 15.6 Å². The Labute approximate surface area is 92.4 Å². The molecule has 0 radical (unpaired) electrons. The topological polar surface area (TPSA) is 126 Å². The minimum atomic E-state index is -5.02. The predicted molar refractivity (Wildman–Crippen MR) is 52.5 cm³/mol. The summed E-state index contributed by atoms with van der Waals surface area (Å²) in [5.74, 6) is 0. The van der Waals surface area contributed by atoms with Gasteiger partial charge in [0.25, 0.3) is 0 Å². The zero-order valence-corrected chi connectivity index (χ0v) is 10.4. The molecule has 0 saturated carbocycles. The first-order chi connectivity index (χ1) is 7.12. The molecule has 0 aromatic carbocycles. The van der Waals surface area contributed by atoms with Crippen LogP contribution in [0.1, 0.15) is 19.8 Å². The maximum Gasteiger partial charge on any atom is 0.481 e. The molecule has 8 nitrogen and oxygen atoms in total. The lowest BCUT2D eigenvalue weighted by Gasteiger charge is -2.12. The van der Waals surface area contributed by atoms with E-state index in [0.29, 0.717) is 19.4 Å². The van der Waals surface area contributed by atoms with Gasteiger partial charge >= 0.3 is 15.6 Å². The average Bonchev–Trinajstić information content (AvgIpc) is 2.74. The molecular weight excluding hydrogens is 262 g/mol. The van der Waals surface area contributed by atoms with Crippen molar-refractivity contribution >= 4 is 15.6 Å². The molecule has 2 atom stereocenters. The highest BCUT2D eigenvalue weighted by molar-refractivity contribution is 7.60. The van der Waals surface area contributed by atoms with Gasteiger partial charge in [-0.15, -0.1) is 0 Å². The van der Waals surface area contributed by atoms with Crippen LogP contribution in [0.25, 0.3) is 0 Å². The second-order valence-corrected chi connectivity index (χ2v) is 6.55. The van der Waals surface area contributed by atoms with Crippen LogP contribution in [0.3, 0.4) is 0 Å². The molecule has 1 aliphatic rings. The van der Waals surface area contributed by atoms with Crippen LogP contribution in [0.5, 0.6) is 0 Å². The normalized spacial score (nSPS) is 28.8. The lowest BCUT2D eigenvalue weighted by atomic mass is 10.1. The van der Waals surface area contributed by atoms with Gasteiger partial charge in [-0.25, -0.2) is 9.13 Å². The summed E-state index contributed by atoms with van der Waals surface area (Å²) in [6.07, 6.45) is 1.08.